The first kappa shape index (κ1) is 19.9. The van der Waals surface area contributed by atoms with Crippen LogP contribution >= 0.6 is 11.6 Å². The molecule has 3 rings (SSSR count). The Morgan fingerprint density at radius 1 is 1.21 bits per heavy atom. The molecule has 0 aliphatic heterocycles. The van der Waals surface area contributed by atoms with E-state index in [0.717, 1.165) is 24.1 Å². The fourth-order valence-corrected chi connectivity index (χ4v) is 3.70. The second kappa shape index (κ2) is 8.06. The van der Waals surface area contributed by atoms with Gasteiger partial charge in [-0.3, -0.25) is 4.79 Å². The number of aryl methyl sites for hydroxylation is 1. The summed E-state index contributed by atoms with van der Waals surface area (Å²) in [6, 6.07) is 8.06. The Labute approximate surface area is 167 Å². The smallest absolute Gasteiger partial charge is 0.337 e. The highest BCUT2D eigenvalue weighted by Crippen LogP contribution is 2.39. The normalized spacial score (nSPS) is 18.1. The first-order valence-corrected chi connectivity index (χ1v) is 9.14. The van der Waals surface area contributed by atoms with Crippen LogP contribution in [-0.2, 0) is 26.1 Å². The molecule has 1 aromatic heterocycles. The number of hydrogen-bond donors (Lipinski definition) is 1. The largest absolute Gasteiger partial charge is 0.490 e. The number of pyridine rings is 1. The molecule has 0 fully saturated rings. The van der Waals surface area contributed by atoms with Gasteiger partial charge in [-0.1, -0.05) is 17.7 Å². The molecule has 0 bridgehead atoms. The average Bonchev–Trinajstić information content (AvgIpc) is 2.71. The van der Waals surface area contributed by atoms with Crippen LogP contribution in [0.15, 0.2) is 30.3 Å². The van der Waals surface area contributed by atoms with Crippen molar-refractivity contribution < 1.29 is 23.8 Å². The summed E-state index contributed by atoms with van der Waals surface area (Å²) in [4.78, 5) is 28.8. The molecule has 7 nitrogen and oxygen atoms in total. The van der Waals surface area contributed by atoms with E-state index in [1.165, 1.54) is 20.3 Å². The molecule has 1 aliphatic rings. The molecule has 1 unspecified atom stereocenters. The van der Waals surface area contributed by atoms with E-state index in [2.05, 4.69) is 9.72 Å². The first-order valence-electron chi connectivity index (χ1n) is 8.76. The SMILES string of the molecule is COC(=O)c1ccc(OCC2(C(=O)OC)CCCc3nc(Cl)ccc32)c(N)c1. The van der Waals surface area contributed by atoms with Crippen molar-refractivity contribution in [3.8, 4) is 5.75 Å². The quantitative estimate of drug-likeness (QED) is 0.464. The van der Waals surface area contributed by atoms with E-state index in [1.807, 2.05) is 0 Å². The Hall–Kier alpha value is -2.80. The van der Waals surface area contributed by atoms with Gasteiger partial charge in [0.2, 0.25) is 0 Å². The number of aromatic nitrogens is 1. The van der Waals surface area contributed by atoms with Gasteiger partial charge in [-0.25, -0.2) is 9.78 Å². The molecule has 0 saturated carbocycles. The maximum Gasteiger partial charge on any atom is 0.337 e. The topological polar surface area (TPSA) is 101 Å². The summed E-state index contributed by atoms with van der Waals surface area (Å²) in [5, 5.41) is 0.378. The summed E-state index contributed by atoms with van der Waals surface area (Å²) < 4.78 is 15.7. The fourth-order valence-electron chi connectivity index (χ4n) is 3.54. The molecule has 1 atom stereocenters. The molecule has 0 radical (unpaired) electrons. The highest BCUT2D eigenvalue weighted by molar-refractivity contribution is 6.29. The monoisotopic (exact) mass is 404 g/mol. The Balaban J connectivity index is 1.92. The van der Waals surface area contributed by atoms with Gasteiger partial charge in [0.05, 0.1) is 25.5 Å². The lowest BCUT2D eigenvalue weighted by Gasteiger charge is -2.35. The van der Waals surface area contributed by atoms with Crippen LogP contribution in [0, 0.1) is 0 Å². The summed E-state index contributed by atoms with van der Waals surface area (Å²) in [5.74, 6) is -0.527. The van der Waals surface area contributed by atoms with Crippen LogP contribution < -0.4 is 10.5 Å². The van der Waals surface area contributed by atoms with E-state index in [4.69, 9.17) is 26.8 Å². The van der Waals surface area contributed by atoms with Crippen LogP contribution in [0.3, 0.4) is 0 Å². The number of anilines is 1. The number of halogens is 1. The molecule has 1 aliphatic carbocycles. The van der Waals surface area contributed by atoms with Crippen molar-refractivity contribution in [1.82, 2.24) is 4.98 Å². The van der Waals surface area contributed by atoms with E-state index in [9.17, 15) is 9.59 Å². The highest BCUT2D eigenvalue weighted by Gasteiger charge is 2.46. The standard InChI is InChI=1S/C20H21ClN2O5/c1-26-18(24)12-5-7-16(14(22)10-12)28-11-20(19(25)27-2)9-3-4-15-13(20)6-8-17(21)23-15/h5-8,10H,3-4,9,11,22H2,1-2H3. The first-order chi connectivity index (χ1) is 13.4. The third-order valence-corrected chi connectivity index (χ3v) is 5.16. The maximum absolute atomic E-state index is 12.8. The molecule has 0 saturated heterocycles. The number of nitrogens with two attached hydrogens (primary N) is 1. The minimum atomic E-state index is -1.01. The molecule has 2 N–H and O–H groups in total. The van der Waals surface area contributed by atoms with E-state index in [1.54, 1.807) is 24.3 Å². The number of benzene rings is 1. The number of carbonyl (C=O) groups is 2. The summed E-state index contributed by atoms with van der Waals surface area (Å²) in [5.41, 5.74) is 7.11. The minimum absolute atomic E-state index is 0.0256. The second-order valence-electron chi connectivity index (χ2n) is 6.59. The van der Waals surface area contributed by atoms with Gasteiger partial charge in [-0.2, -0.15) is 0 Å². The average molecular weight is 405 g/mol. The lowest BCUT2D eigenvalue weighted by atomic mass is 9.72. The molecule has 0 spiro atoms. The van der Waals surface area contributed by atoms with Crippen LogP contribution in [0.1, 0.15) is 34.5 Å². The van der Waals surface area contributed by atoms with E-state index >= 15 is 0 Å². The van der Waals surface area contributed by atoms with Crippen LogP contribution in [-0.4, -0.2) is 37.7 Å². The Kier molecular flexibility index (Phi) is 5.74. The Morgan fingerprint density at radius 2 is 2.00 bits per heavy atom. The summed E-state index contributed by atoms with van der Waals surface area (Å²) in [6.07, 6.45) is 2.02. The number of esters is 2. The number of methoxy groups -OCH3 is 2. The van der Waals surface area contributed by atoms with E-state index in [-0.39, 0.29) is 12.3 Å². The van der Waals surface area contributed by atoms with Gasteiger partial charge >= 0.3 is 11.9 Å². The fraction of sp³-hybridized carbons (Fsp3) is 0.350. The number of nitrogens with zero attached hydrogens (tertiary/aromatic N) is 1. The molecular weight excluding hydrogens is 384 g/mol. The lowest BCUT2D eigenvalue weighted by Crippen LogP contribution is -2.45. The number of fused-ring (bicyclic) bond motifs is 1. The molecule has 28 heavy (non-hydrogen) atoms. The number of nitrogen functional groups attached to an aromatic ring is 1. The lowest BCUT2D eigenvalue weighted by molar-refractivity contribution is -0.149. The van der Waals surface area contributed by atoms with Crippen molar-refractivity contribution in [1.29, 1.82) is 0 Å². The van der Waals surface area contributed by atoms with Gasteiger partial charge in [-0.15, -0.1) is 0 Å². The predicted octanol–water partition coefficient (Wildman–Crippen LogP) is 2.93. The van der Waals surface area contributed by atoms with Crippen LogP contribution in [0.25, 0.3) is 0 Å². The zero-order chi connectivity index (χ0) is 20.3. The third-order valence-electron chi connectivity index (χ3n) is 4.95. The summed E-state index contributed by atoms with van der Waals surface area (Å²) in [6.45, 7) is 0.0256. The summed E-state index contributed by atoms with van der Waals surface area (Å²) in [7, 11) is 2.64. The second-order valence-corrected chi connectivity index (χ2v) is 6.98. The number of ether oxygens (including phenoxy) is 3. The molecule has 1 aromatic carbocycles. The van der Waals surface area contributed by atoms with Crippen LogP contribution in [0.5, 0.6) is 5.75 Å². The summed E-state index contributed by atoms with van der Waals surface area (Å²) >= 11 is 6.02. The van der Waals surface area contributed by atoms with Crippen molar-refractivity contribution in [2.75, 3.05) is 26.6 Å². The molecular formula is C20H21ClN2O5. The number of hydrogen-bond acceptors (Lipinski definition) is 7. The zero-order valence-corrected chi connectivity index (χ0v) is 16.4. The third kappa shape index (κ3) is 3.62. The van der Waals surface area contributed by atoms with E-state index < -0.39 is 17.4 Å². The van der Waals surface area contributed by atoms with Crippen molar-refractivity contribution in [2.45, 2.75) is 24.7 Å². The van der Waals surface area contributed by atoms with Gasteiger partial charge in [-0.05, 0) is 49.1 Å². The predicted molar refractivity (Wildman–Crippen MR) is 104 cm³/mol. The van der Waals surface area contributed by atoms with Crippen molar-refractivity contribution in [2.24, 2.45) is 0 Å². The molecule has 1 heterocycles. The van der Waals surface area contributed by atoms with Crippen molar-refractivity contribution in [3.05, 3.63) is 52.3 Å². The number of carbonyl (C=O) groups excluding carboxylic acids is 2. The zero-order valence-electron chi connectivity index (χ0n) is 15.7. The van der Waals surface area contributed by atoms with Gasteiger partial charge in [0.15, 0.2) is 0 Å². The van der Waals surface area contributed by atoms with Gasteiger partial charge in [0, 0.05) is 5.69 Å². The Morgan fingerprint density at radius 3 is 2.68 bits per heavy atom. The van der Waals surface area contributed by atoms with E-state index in [0.29, 0.717) is 22.9 Å². The Bertz CT molecular complexity index is 917. The minimum Gasteiger partial charge on any atom is -0.490 e. The van der Waals surface area contributed by atoms with Gasteiger partial charge < -0.3 is 19.9 Å². The molecule has 2 aromatic rings. The van der Waals surface area contributed by atoms with Gasteiger partial charge in [0.25, 0.3) is 0 Å². The van der Waals surface area contributed by atoms with Crippen LogP contribution in [0.4, 0.5) is 5.69 Å². The van der Waals surface area contributed by atoms with Gasteiger partial charge in [0.1, 0.15) is 22.9 Å². The van der Waals surface area contributed by atoms with Crippen LogP contribution in [0.2, 0.25) is 5.15 Å². The number of rotatable bonds is 5. The molecule has 8 heteroatoms. The molecule has 148 valence electrons. The van der Waals surface area contributed by atoms with Crippen molar-refractivity contribution >= 4 is 29.2 Å². The maximum atomic E-state index is 12.8. The van der Waals surface area contributed by atoms with Crippen molar-refractivity contribution in [3.63, 3.8) is 0 Å². The highest BCUT2D eigenvalue weighted by atomic mass is 35.5. The molecule has 0 amide bonds.